The Bertz CT molecular complexity index is 315. The van der Waals surface area contributed by atoms with Gasteiger partial charge in [0.05, 0.1) is 6.54 Å². The van der Waals surface area contributed by atoms with Gasteiger partial charge in [-0.2, -0.15) is 0 Å². The summed E-state index contributed by atoms with van der Waals surface area (Å²) in [5, 5.41) is 8.81. The molecule has 19 heavy (non-hydrogen) atoms. The van der Waals surface area contributed by atoms with Gasteiger partial charge in [-0.3, -0.25) is 4.79 Å². The van der Waals surface area contributed by atoms with Crippen LogP contribution in [0.1, 0.15) is 39.5 Å². The van der Waals surface area contributed by atoms with Gasteiger partial charge in [-0.1, -0.05) is 32.6 Å². The molecule has 0 aromatic carbocycles. The quantitative estimate of drug-likeness (QED) is 0.651. The van der Waals surface area contributed by atoms with Gasteiger partial charge in [0.25, 0.3) is 0 Å². The number of aliphatic carboxylic acids is 1. The smallest absolute Gasteiger partial charge is 0.323 e. The van der Waals surface area contributed by atoms with Crippen LogP contribution in [0.2, 0.25) is 0 Å². The summed E-state index contributed by atoms with van der Waals surface area (Å²) in [6.07, 6.45) is 8.99. The summed E-state index contributed by atoms with van der Waals surface area (Å²) in [5.41, 5.74) is 0. The maximum absolute atomic E-state index is 12.3. The summed E-state index contributed by atoms with van der Waals surface area (Å²) in [7, 11) is 0. The molecular formula is C14H24N2O3. The Kier molecular flexibility index (Phi) is 9.33. The van der Waals surface area contributed by atoms with Gasteiger partial charge >= 0.3 is 12.0 Å². The number of rotatable bonds is 9. The molecule has 5 nitrogen and oxygen atoms in total. The number of carbonyl (C=O) groups excluding carboxylic acids is 1. The number of nitrogens with zero attached hydrogens (tertiary/aromatic N) is 2. The van der Waals surface area contributed by atoms with Crippen molar-refractivity contribution >= 4 is 12.0 Å². The Balaban J connectivity index is 4.68. The SMILES string of the molecule is C#CCN(CC(=O)O)C(=O)N(CCCC)CCCC. The van der Waals surface area contributed by atoms with Crippen LogP contribution in [0.4, 0.5) is 4.79 Å². The first-order valence-corrected chi connectivity index (χ1v) is 6.75. The van der Waals surface area contributed by atoms with E-state index in [0.29, 0.717) is 13.1 Å². The van der Waals surface area contributed by atoms with Crippen molar-refractivity contribution in [1.82, 2.24) is 9.80 Å². The van der Waals surface area contributed by atoms with Gasteiger partial charge in [0.2, 0.25) is 0 Å². The van der Waals surface area contributed by atoms with Crippen LogP contribution in [-0.4, -0.2) is 53.1 Å². The van der Waals surface area contributed by atoms with Crippen molar-refractivity contribution in [2.45, 2.75) is 39.5 Å². The van der Waals surface area contributed by atoms with E-state index in [2.05, 4.69) is 19.8 Å². The van der Waals surface area contributed by atoms with Crippen molar-refractivity contribution < 1.29 is 14.7 Å². The highest BCUT2D eigenvalue weighted by Gasteiger charge is 2.21. The van der Waals surface area contributed by atoms with Gasteiger partial charge in [-0.15, -0.1) is 6.42 Å². The fraction of sp³-hybridized carbons (Fsp3) is 0.714. The van der Waals surface area contributed by atoms with Crippen LogP contribution in [-0.2, 0) is 4.79 Å². The predicted octanol–water partition coefficient (Wildman–Crippen LogP) is 2.03. The van der Waals surface area contributed by atoms with E-state index in [-0.39, 0.29) is 19.1 Å². The lowest BCUT2D eigenvalue weighted by Crippen LogP contribution is -2.46. The first kappa shape index (κ1) is 17.3. The third kappa shape index (κ3) is 7.35. The second kappa shape index (κ2) is 10.2. The summed E-state index contributed by atoms with van der Waals surface area (Å²) in [5.74, 6) is 1.29. The normalized spacial score (nSPS) is 9.74. The van der Waals surface area contributed by atoms with Crippen LogP contribution in [0.5, 0.6) is 0 Å². The van der Waals surface area contributed by atoms with Gasteiger partial charge in [0.15, 0.2) is 0 Å². The molecule has 2 amide bonds. The maximum atomic E-state index is 12.3. The number of unbranched alkanes of at least 4 members (excludes halogenated alkanes) is 2. The standard InChI is InChI=1S/C14H24N2O3/c1-4-7-10-15(11-8-5-2)14(19)16(9-6-3)12-13(17)18/h3H,4-5,7-12H2,1-2H3,(H,17,18). The molecule has 0 bridgehead atoms. The van der Waals surface area contributed by atoms with Crippen LogP contribution < -0.4 is 0 Å². The molecule has 0 spiro atoms. The minimum atomic E-state index is -1.05. The molecule has 0 aliphatic rings. The van der Waals surface area contributed by atoms with E-state index in [1.165, 1.54) is 4.90 Å². The molecule has 0 aliphatic heterocycles. The molecule has 0 saturated heterocycles. The van der Waals surface area contributed by atoms with E-state index in [0.717, 1.165) is 25.7 Å². The zero-order valence-electron chi connectivity index (χ0n) is 11.9. The number of amides is 2. The number of hydrogen-bond acceptors (Lipinski definition) is 2. The molecule has 108 valence electrons. The lowest BCUT2D eigenvalue weighted by Gasteiger charge is -2.28. The minimum absolute atomic E-state index is 0.0277. The number of carbonyl (C=O) groups is 2. The van der Waals surface area contributed by atoms with E-state index >= 15 is 0 Å². The Morgan fingerprint density at radius 1 is 1.11 bits per heavy atom. The van der Waals surface area contributed by atoms with Crippen molar-refractivity contribution in [2.24, 2.45) is 0 Å². The van der Waals surface area contributed by atoms with Gasteiger partial charge in [0, 0.05) is 13.1 Å². The highest BCUT2D eigenvalue weighted by Crippen LogP contribution is 2.04. The fourth-order valence-electron chi connectivity index (χ4n) is 1.67. The molecular weight excluding hydrogens is 244 g/mol. The van der Waals surface area contributed by atoms with E-state index in [4.69, 9.17) is 11.5 Å². The fourth-order valence-corrected chi connectivity index (χ4v) is 1.67. The van der Waals surface area contributed by atoms with E-state index in [9.17, 15) is 9.59 Å². The second-order valence-corrected chi connectivity index (χ2v) is 4.43. The van der Waals surface area contributed by atoms with Crippen molar-refractivity contribution in [1.29, 1.82) is 0 Å². The lowest BCUT2D eigenvalue weighted by atomic mass is 10.2. The molecule has 0 heterocycles. The largest absolute Gasteiger partial charge is 0.480 e. The molecule has 1 N–H and O–H groups in total. The van der Waals surface area contributed by atoms with Gasteiger partial charge in [0.1, 0.15) is 6.54 Å². The van der Waals surface area contributed by atoms with Gasteiger partial charge < -0.3 is 14.9 Å². The number of terminal acetylenes is 1. The average molecular weight is 268 g/mol. The van der Waals surface area contributed by atoms with Gasteiger partial charge in [-0.05, 0) is 12.8 Å². The number of carboxylic acids is 1. The molecule has 0 unspecified atom stereocenters. The Morgan fingerprint density at radius 2 is 1.63 bits per heavy atom. The predicted molar refractivity (Wildman–Crippen MR) is 74.8 cm³/mol. The van der Waals surface area contributed by atoms with E-state index in [1.807, 2.05) is 0 Å². The van der Waals surface area contributed by atoms with Crippen LogP contribution >= 0.6 is 0 Å². The zero-order valence-corrected chi connectivity index (χ0v) is 11.9. The zero-order chi connectivity index (χ0) is 14.7. The summed E-state index contributed by atoms with van der Waals surface area (Å²) in [6, 6.07) is -0.276. The number of carboxylic acid groups (broad SMARTS) is 1. The van der Waals surface area contributed by atoms with Gasteiger partial charge in [-0.25, -0.2) is 4.79 Å². The summed E-state index contributed by atoms with van der Waals surface area (Å²) in [4.78, 5) is 25.9. The van der Waals surface area contributed by atoms with E-state index in [1.54, 1.807) is 4.90 Å². The Hall–Kier alpha value is -1.70. The summed E-state index contributed by atoms with van der Waals surface area (Å²) < 4.78 is 0. The Labute approximate surface area is 115 Å². The molecule has 0 aromatic rings. The van der Waals surface area contributed by atoms with Crippen molar-refractivity contribution in [2.75, 3.05) is 26.2 Å². The average Bonchev–Trinajstić information content (AvgIpc) is 2.37. The molecule has 0 fully saturated rings. The molecule has 0 saturated carbocycles. The lowest BCUT2D eigenvalue weighted by molar-refractivity contribution is -0.137. The van der Waals surface area contributed by atoms with Crippen LogP contribution in [0.25, 0.3) is 0 Å². The highest BCUT2D eigenvalue weighted by molar-refractivity contribution is 5.80. The third-order valence-corrected chi connectivity index (χ3v) is 2.71. The van der Waals surface area contributed by atoms with E-state index < -0.39 is 5.97 Å². The van der Waals surface area contributed by atoms with Crippen molar-refractivity contribution in [3.05, 3.63) is 0 Å². The third-order valence-electron chi connectivity index (χ3n) is 2.71. The number of urea groups is 1. The summed E-state index contributed by atoms with van der Waals surface area (Å²) in [6.45, 7) is 5.08. The topological polar surface area (TPSA) is 60.9 Å². The molecule has 0 atom stereocenters. The van der Waals surface area contributed by atoms with Crippen molar-refractivity contribution in [3.63, 3.8) is 0 Å². The monoisotopic (exact) mass is 268 g/mol. The molecule has 0 rings (SSSR count). The van der Waals surface area contributed by atoms with Crippen LogP contribution in [0.3, 0.4) is 0 Å². The Morgan fingerprint density at radius 3 is 2.00 bits per heavy atom. The first-order valence-electron chi connectivity index (χ1n) is 6.75. The highest BCUT2D eigenvalue weighted by atomic mass is 16.4. The molecule has 0 radical (unpaired) electrons. The molecule has 0 aromatic heterocycles. The van der Waals surface area contributed by atoms with Crippen LogP contribution in [0.15, 0.2) is 0 Å². The van der Waals surface area contributed by atoms with Crippen LogP contribution in [0, 0.1) is 12.3 Å². The first-order chi connectivity index (χ1) is 9.06. The molecule has 0 aliphatic carbocycles. The summed E-state index contributed by atoms with van der Waals surface area (Å²) >= 11 is 0. The molecule has 5 heteroatoms. The second-order valence-electron chi connectivity index (χ2n) is 4.43. The maximum Gasteiger partial charge on any atom is 0.323 e. The van der Waals surface area contributed by atoms with Crippen molar-refractivity contribution in [3.8, 4) is 12.3 Å². The number of hydrogen-bond donors (Lipinski definition) is 1. The minimum Gasteiger partial charge on any atom is -0.480 e.